The highest BCUT2D eigenvalue weighted by atomic mass is 16.5. The quantitative estimate of drug-likeness (QED) is 0.666. The number of ether oxygens (including phenoxy) is 1. The van der Waals surface area contributed by atoms with E-state index < -0.39 is 0 Å². The standard InChI is InChI=1S/C10H21NO2/c1-5-8(4)13-10(12)6-9(11)7(2)3/h7-9H,5-6,11H2,1-4H3. The van der Waals surface area contributed by atoms with Crippen LogP contribution in [0.4, 0.5) is 0 Å². The minimum atomic E-state index is -0.185. The lowest BCUT2D eigenvalue weighted by atomic mass is 10.0. The van der Waals surface area contributed by atoms with Gasteiger partial charge in [0.25, 0.3) is 0 Å². The van der Waals surface area contributed by atoms with Gasteiger partial charge in [-0.15, -0.1) is 0 Å². The predicted molar refractivity (Wildman–Crippen MR) is 53.3 cm³/mol. The van der Waals surface area contributed by atoms with Gasteiger partial charge in [0.05, 0.1) is 12.5 Å². The van der Waals surface area contributed by atoms with Crippen LogP contribution in [0, 0.1) is 5.92 Å². The summed E-state index contributed by atoms with van der Waals surface area (Å²) < 4.78 is 5.10. The largest absolute Gasteiger partial charge is 0.463 e. The van der Waals surface area contributed by atoms with Crippen molar-refractivity contribution in [1.82, 2.24) is 0 Å². The van der Waals surface area contributed by atoms with E-state index in [0.29, 0.717) is 12.3 Å². The van der Waals surface area contributed by atoms with Gasteiger partial charge in [0.2, 0.25) is 0 Å². The van der Waals surface area contributed by atoms with Crippen molar-refractivity contribution in [3.8, 4) is 0 Å². The molecule has 0 aromatic rings. The molecule has 0 spiro atoms. The number of carbonyl (C=O) groups excluding carboxylic acids is 1. The maximum Gasteiger partial charge on any atom is 0.307 e. The molecule has 0 saturated carbocycles. The van der Waals surface area contributed by atoms with Crippen LogP contribution in [0.3, 0.4) is 0 Å². The van der Waals surface area contributed by atoms with Crippen molar-refractivity contribution in [1.29, 1.82) is 0 Å². The maximum atomic E-state index is 11.2. The van der Waals surface area contributed by atoms with Crippen LogP contribution in [0.15, 0.2) is 0 Å². The minimum absolute atomic E-state index is 0.00635. The molecular weight excluding hydrogens is 166 g/mol. The van der Waals surface area contributed by atoms with Crippen LogP contribution in [0.25, 0.3) is 0 Å². The molecule has 0 radical (unpaired) electrons. The summed E-state index contributed by atoms with van der Waals surface area (Å²) in [5.41, 5.74) is 5.73. The van der Waals surface area contributed by atoms with E-state index in [2.05, 4.69) is 0 Å². The smallest absolute Gasteiger partial charge is 0.307 e. The van der Waals surface area contributed by atoms with Gasteiger partial charge < -0.3 is 10.5 Å². The van der Waals surface area contributed by atoms with Crippen LogP contribution in [-0.4, -0.2) is 18.1 Å². The molecule has 0 amide bonds. The normalized spacial score (nSPS) is 15.5. The fourth-order valence-corrected chi connectivity index (χ4v) is 0.784. The Balaban J connectivity index is 3.74. The first kappa shape index (κ1) is 12.4. The lowest BCUT2D eigenvalue weighted by Crippen LogP contribution is -2.31. The summed E-state index contributed by atoms with van der Waals surface area (Å²) in [5.74, 6) is 0.139. The molecule has 2 N–H and O–H groups in total. The summed E-state index contributed by atoms with van der Waals surface area (Å²) in [6.07, 6.45) is 1.18. The molecule has 13 heavy (non-hydrogen) atoms. The summed E-state index contributed by atoms with van der Waals surface area (Å²) in [7, 11) is 0. The van der Waals surface area contributed by atoms with Gasteiger partial charge in [0.15, 0.2) is 0 Å². The Hall–Kier alpha value is -0.570. The Morgan fingerprint density at radius 2 is 1.92 bits per heavy atom. The average molecular weight is 187 g/mol. The minimum Gasteiger partial charge on any atom is -0.463 e. The first-order valence-corrected chi connectivity index (χ1v) is 4.92. The third-order valence-corrected chi connectivity index (χ3v) is 2.17. The molecular formula is C10H21NO2. The molecule has 0 heterocycles. The number of hydrogen-bond donors (Lipinski definition) is 1. The van der Waals surface area contributed by atoms with Crippen molar-refractivity contribution in [2.75, 3.05) is 0 Å². The molecule has 0 rings (SSSR count). The van der Waals surface area contributed by atoms with E-state index >= 15 is 0 Å². The molecule has 2 atom stereocenters. The number of rotatable bonds is 5. The van der Waals surface area contributed by atoms with E-state index in [1.807, 2.05) is 27.7 Å². The summed E-state index contributed by atoms with van der Waals surface area (Å²) in [6, 6.07) is -0.0865. The van der Waals surface area contributed by atoms with Crippen LogP contribution in [-0.2, 0) is 9.53 Å². The first-order valence-electron chi connectivity index (χ1n) is 4.92. The first-order chi connectivity index (χ1) is 5.97. The molecule has 2 unspecified atom stereocenters. The number of hydrogen-bond acceptors (Lipinski definition) is 3. The van der Waals surface area contributed by atoms with Crippen LogP contribution >= 0.6 is 0 Å². The van der Waals surface area contributed by atoms with E-state index in [-0.39, 0.29) is 18.1 Å². The molecule has 0 aromatic heterocycles. The molecule has 0 bridgehead atoms. The van der Waals surface area contributed by atoms with E-state index in [1.165, 1.54) is 0 Å². The molecule has 0 aromatic carbocycles. The fourth-order valence-electron chi connectivity index (χ4n) is 0.784. The summed E-state index contributed by atoms with van der Waals surface area (Å²) in [4.78, 5) is 11.2. The van der Waals surface area contributed by atoms with Crippen LogP contribution in [0.5, 0.6) is 0 Å². The average Bonchev–Trinajstić information content (AvgIpc) is 2.03. The van der Waals surface area contributed by atoms with E-state index in [1.54, 1.807) is 0 Å². The molecule has 3 heteroatoms. The maximum absolute atomic E-state index is 11.2. The van der Waals surface area contributed by atoms with Gasteiger partial charge in [-0.3, -0.25) is 4.79 Å². The molecule has 0 aliphatic rings. The molecule has 0 aliphatic heterocycles. The van der Waals surface area contributed by atoms with Crippen LogP contribution < -0.4 is 5.73 Å². The monoisotopic (exact) mass is 187 g/mol. The van der Waals surface area contributed by atoms with Crippen molar-refractivity contribution in [3.05, 3.63) is 0 Å². The summed E-state index contributed by atoms with van der Waals surface area (Å²) in [5, 5.41) is 0. The zero-order chi connectivity index (χ0) is 10.4. The lowest BCUT2D eigenvalue weighted by molar-refractivity contribution is -0.148. The second kappa shape index (κ2) is 5.97. The van der Waals surface area contributed by atoms with Crippen LogP contribution in [0.2, 0.25) is 0 Å². The third-order valence-electron chi connectivity index (χ3n) is 2.17. The Bertz CT molecular complexity index is 157. The van der Waals surface area contributed by atoms with Crippen molar-refractivity contribution in [2.45, 2.75) is 52.7 Å². The van der Waals surface area contributed by atoms with Crippen molar-refractivity contribution >= 4 is 5.97 Å². The number of esters is 1. The van der Waals surface area contributed by atoms with Crippen molar-refractivity contribution in [3.63, 3.8) is 0 Å². The molecule has 0 saturated heterocycles. The number of carbonyl (C=O) groups is 1. The highest BCUT2D eigenvalue weighted by Crippen LogP contribution is 2.06. The zero-order valence-corrected chi connectivity index (χ0v) is 9.04. The van der Waals surface area contributed by atoms with Gasteiger partial charge in [0, 0.05) is 6.04 Å². The predicted octanol–water partition coefficient (Wildman–Crippen LogP) is 1.70. The number of nitrogens with two attached hydrogens (primary N) is 1. The second-order valence-electron chi connectivity index (χ2n) is 3.82. The van der Waals surface area contributed by atoms with Gasteiger partial charge in [-0.05, 0) is 19.3 Å². The van der Waals surface area contributed by atoms with Crippen molar-refractivity contribution in [2.24, 2.45) is 11.7 Å². The second-order valence-corrected chi connectivity index (χ2v) is 3.82. The Morgan fingerprint density at radius 3 is 2.31 bits per heavy atom. The summed E-state index contributed by atoms with van der Waals surface area (Å²) in [6.45, 7) is 7.88. The Morgan fingerprint density at radius 1 is 1.38 bits per heavy atom. The highest BCUT2D eigenvalue weighted by molar-refractivity contribution is 5.70. The molecule has 3 nitrogen and oxygen atoms in total. The van der Waals surface area contributed by atoms with E-state index in [0.717, 1.165) is 6.42 Å². The highest BCUT2D eigenvalue weighted by Gasteiger charge is 2.15. The third kappa shape index (κ3) is 5.64. The molecule has 78 valence electrons. The lowest BCUT2D eigenvalue weighted by Gasteiger charge is -2.16. The fraction of sp³-hybridized carbons (Fsp3) is 0.900. The van der Waals surface area contributed by atoms with Gasteiger partial charge in [-0.25, -0.2) is 0 Å². The van der Waals surface area contributed by atoms with Gasteiger partial charge in [0.1, 0.15) is 0 Å². The van der Waals surface area contributed by atoms with Gasteiger partial charge >= 0.3 is 5.97 Å². The van der Waals surface area contributed by atoms with Gasteiger partial charge in [-0.1, -0.05) is 20.8 Å². The van der Waals surface area contributed by atoms with E-state index in [9.17, 15) is 4.79 Å². The zero-order valence-electron chi connectivity index (χ0n) is 9.04. The van der Waals surface area contributed by atoms with Crippen molar-refractivity contribution < 1.29 is 9.53 Å². The topological polar surface area (TPSA) is 52.3 Å². The van der Waals surface area contributed by atoms with E-state index in [4.69, 9.17) is 10.5 Å². The Labute approximate surface area is 80.6 Å². The molecule has 0 fully saturated rings. The Kier molecular flexibility index (Phi) is 5.71. The van der Waals surface area contributed by atoms with Gasteiger partial charge in [-0.2, -0.15) is 0 Å². The van der Waals surface area contributed by atoms with Crippen LogP contribution in [0.1, 0.15) is 40.5 Å². The molecule has 0 aliphatic carbocycles. The summed E-state index contributed by atoms with van der Waals surface area (Å²) >= 11 is 0. The SMILES string of the molecule is CCC(C)OC(=O)CC(N)C(C)C.